The minimum Gasteiger partial charge on any atom is -0.343 e. The highest BCUT2D eigenvalue weighted by molar-refractivity contribution is 7.89. The van der Waals surface area contributed by atoms with E-state index in [1.165, 1.54) is 16.4 Å². The van der Waals surface area contributed by atoms with E-state index in [4.69, 9.17) is 0 Å². The average Bonchev–Trinajstić information content (AvgIpc) is 3.75. The molecule has 0 spiro atoms. The summed E-state index contributed by atoms with van der Waals surface area (Å²) >= 11 is 0. The van der Waals surface area contributed by atoms with Gasteiger partial charge in [0, 0.05) is 38.1 Å². The van der Waals surface area contributed by atoms with Crippen molar-refractivity contribution in [2.75, 3.05) is 19.6 Å². The Morgan fingerprint density at radius 1 is 0.952 bits per heavy atom. The number of hydrogen-bond donors (Lipinski definition) is 0. The molecule has 1 heterocycles. The monoisotopic (exact) mass is 599 g/mol. The van der Waals surface area contributed by atoms with Gasteiger partial charge in [-0.15, -0.1) is 0 Å². The molecule has 0 aromatic heterocycles. The molecule has 1 saturated heterocycles. The van der Waals surface area contributed by atoms with Crippen LogP contribution in [-0.4, -0.2) is 66.1 Å². The fourth-order valence-electron chi connectivity index (χ4n) is 6.02. The van der Waals surface area contributed by atoms with Crippen LogP contribution in [0.4, 0.5) is 4.39 Å². The first kappa shape index (κ1) is 32.1. The fourth-order valence-corrected chi connectivity index (χ4v) is 7.66. The van der Waals surface area contributed by atoms with Gasteiger partial charge in [-0.1, -0.05) is 57.5 Å². The van der Waals surface area contributed by atoms with Crippen molar-refractivity contribution in [3.05, 3.63) is 65.5 Å². The first-order valence-corrected chi connectivity index (χ1v) is 16.6. The first-order chi connectivity index (χ1) is 19.7. The molecular formula is C33H46FN3O4S. The zero-order valence-electron chi connectivity index (χ0n) is 25.7. The second-order valence-electron chi connectivity index (χ2n) is 13.4. The summed E-state index contributed by atoms with van der Waals surface area (Å²) in [5, 5.41) is 0. The molecule has 0 radical (unpaired) electrons. The molecule has 0 unspecified atom stereocenters. The number of halogens is 1. The van der Waals surface area contributed by atoms with Crippen LogP contribution in [0.2, 0.25) is 0 Å². The van der Waals surface area contributed by atoms with Gasteiger partial charge in [-0.3, -0.25) is 9.59 Å². The Kier molecular flexibility index (Phi) is 10.1. The van der Waals surface area contributed by atoms with Crippen LogP contribution in [0.5, 0.6) is 0 Å². The van der Waals surface area contributed by atoms with Crippen LogP contribution in [0, 0.1) is 24.1 Å². The van der Waals surface area contributed by atoms with Gasteiger partial charge >= 0.3 is 0 Å². The minimum absolute atomic E-state index is 0.144. The molecule has 2 aromatic rings. The number of carbonyl (C=O) groups is 2. The molecule has 1 saturated carbocycles. The average molecular weight is 600 g/mol. The quantitative estimate of drug-likeness (QED) is 0.329. The molecule has 2 fully saturated rings. The molecule has 0 N–H and O–H groups in total. The van der Waals surface area contributed by atoms with E-state index >= 15 is 0 Å². The topological polar surface area (TPSA) is 78.0 Å². The van der Waals surface area contributed by atoms with Crippen molar-refractivity contribution < 1.29 is 22.4 Å². The molecule has 2 aromatic carbocycles. The van der Waals surface area contributed by atoms with E-state index < -0.39 is 10.0 Å². The third-order valence-corrected chi connectivity index (χ3v) is 10.1. The predicted octanol–water partition coefficient (Wildman–Crippen LogP) is 5.77. The van der Waals surface area contributed by atoms with Gasteiger partial charge in [0.25, 0.3) is 0 Å². The molecule has 42 heavy (non-hydrogen) atoms. The Morgan fingerprint density at radius 3 is 2.10 bits per heavy atom. The van der Waals surface area contributed by atoms with Crippen LogP contribution in [0.1, 0.15) is 77.3 Å². The van der Waals surface area contributed by atoms with Gasteiger partial charge in [-0.25, -0.2) is 12.8 Å². The van der Waals surface area contributed by atoms with Crippen LogP contribution in [-0.2, 0) is 26.2 Å². The zero-order chi connectivity index (χ0) is 30.7. The number of amides is 2. The number of aryl methyl sites for hydroxylation is 1. The lowest BCUT2D eigenvalue weighted by Gasteiger charge is -2.40. The number of likely N-dealkylation sites (tertiary alicyclic amines) is 1. The maximum atomic E-state index is 13.9. The number of piperidine rings is 1. The summed E-state index contributed by atoms with van der Waals surface area (Å²) in [7, 11) is -3.85. The van der Waals surface area contributed by atoms with Crippen molar-refractivity contribution >= 4 is 21.8 Å². The summed E-state index contributed by atoms with van der Waals surface area (Å²) in [6.07, 6.45) is 4.15. The summed E-state index contributed by atoms with van der Waals surface area (Å²) in [5.74, 6) is -0.194. The normalized spacial score (nSPS) is 17.4. The summed E-state index contributed by atoms with van der Waals surface area (Å²) in [4.78, 5) is 30.8. The van der Waals surface area contributed by atoms with E-state index in [2.05, 4.69) is 27.7 Å². The summed E-state index contributed by atoms with van der Waals surface area (Å²) in [5.41, 5.74) is 1.90. The maximum absolute atomic E-state index is 13.9. The second kappa shape index (κ2) is 13.2. The van der Waals surface area contributed by atoms with Crippen molar-refractivity contribution in [3.8, 4) is 0 Å². The number of carbonyl (C=O) groups excluding carboxylic acids is 2. The van der Waals surface area contributed by atoms with Crippen molar-refractivity contribution in [2.45, 2.75) is 96.7 Å². The van der Waals surface area contributed by atoms with Gasteiger partial charge in [0.1, 0.15) is 5.82 Å². The molecule has 2 amide bonds. The third-order valence-electron chi connectivity index (χ3n) is 8.20. The molecule has 2 aliphatic rings. The summed E-state index contributed by atoms with van der Waals surface area (Å²) in [6.45, 7) is 11.7. The Hall–Kier alpha value is -2.78. The second-order valence-corrected chi connectivity index (χ2v) is 15.3. The molecule has 230 valence electrons. The highest BCUT2D eigenvalue weighted by Gasteiger charge is 2.41. The number of benzene rings is 2. The highest BCUT2D eigenvalue weighted by atomic mass is 32.2. The van der Waals surface area contributed by atoms with Crippen LogP contribution in [0.15, 0.2) is 53.4 Å². The van der Waals surface area contributed by atoms with Gasteiger partial charge in [0.05, 0.1) is 11.4 Å². The van der Waals surface area contributed by atoms with Crippen molar-refractivity contribution in [2.24, 2.45) is 11.3 Å². The van der Waals surface area contributed by atoms with Crippen LogP contribution < -0.4 is 0 Å². The van der Waals surface area contributed by atoms with Crippen LogP contribution >= 0.6 is 0 Å². The Morgan fingerprint density at radius 2 is 1.55 bits per heavy atom. The summed E-state index contributed by atoms with van der Waals surface area (Å²) < 4.78 is 42.2. The van der Waals surface area contributed by atoms with Crippen molar-refractivity contribution in [3.63, 3.8) is 0 Å². The Bertz CT molecular complexity index is 1330. The van der Waals surface area contributed by atoms with E-state index in [9.17, 15) is 22.4 Å². The van der Waals surface area contributed by atoms with E-state index in [0.717, 1.165) is 30.4 Å². The minimum atomic E-state index is -3.85. The molecule has 4 rings (SSSR count). The smallest absolute Gasteiger partial charge is 0.243 e. The number of rotatable bonds is 11. The van der Waals surface area contributed by atoms with Gasteiger partial charge in [0.2, 0.25) is 21.8 Å². The number of hydrogen-bond acceptors (Lipinski definition) is 4. The van der Waals surface area contributed by atoms with E-state index in [-0.39, 0.29) is 59.0 Å². The predicted molar refractivity (Wildman–Crippen MR) is 162 cm³/mol. The maximum Gasteiger partial charge on any atom is 0.243 e. The molecule has 1 atom stereocenters. The van der Waals surface area contributed by atoms with E-state index in [1.54, 1.807) is 41.3 Å². The molecular weight excluding hydrogens is 553 g/mol. The van der Waals surface area contributed by atoms with Gasteiger partial charge < -0.3 is 9.80 Å². The molecule has 7 nitrogen and oxygen atoms in total. The standard InChI is InChI=1S/C33H46FN3O4S/c1-24-6-14-30(15-7-24)42(40,41)37(29-12-13-29)23-32(39)36(22-26-8-10-27(34)11-9-26)28-16-18-35(19-17-28)31(38)20-25(2)21-33(3,4)5/h6-11,14-15,25,28-29H,12-13,16-23H2,1-5H3/t25-/m1/s1. The van der Waals surface area contributed by atoms with Crippen LogP contribution in [0.3, 0.4) is 0 Å². The van der Waals surface area contributed by atoms with Gasteiger partial charge in [0.15, 0.2) is 0 Å². The van der Waals surface area contributed by atoms with Crippen LogP contribution in [0.25, 0.3) is 0 Å². The lowest BCUT2D eigenvalue weighted by molar-refractivity contribution is -0.138. The van der Waals surface area contributed by atoms with E-state index in [1.807, 2.05) is 11.8 Å². The Labute approximate surface area is 251 Å². The van der Waals surface area contributed by atoms with Gasteiger partial charge in [-0.2, -0.15) is 4.31 Å². The molecule has 0 bridgehead atoms. The molecule has 1 aliphatic heterocycles. The SMILES string of the molecule is Cc1ccc(S(=O)(=O)N(CC(=O)N(Cc2ccc(F)cc2)C2CCN(C(=O)C[C@@H](C)CC(C)(C)C)CC2)C2CC2)cc1. The Balaban J connectivity index is 1.48. The zero-order valence-corrected chi connectivity index (χ0v) is 26.5. The van der Waals surface area contributed by atoms with E-state index in [0.29, 0.717) is 32.4 Å². The number of nitrogens with zero attached hydrogens (tertiary/aromatic N) is 3. The largest absolute Gasteiger partial charge is 0.343 e. The van der Waals surface area contributed by atoms with Gasteiger partial charge in [-0.05, 0) is 80.2 Å². The lowest BCUT2D eigenvalue weighted by Crippen LogP contribution is -2.51. The summed E-state index contributed by atoms with van der Waals surface area (Å²) in [6, 6.07) is 12.4. The molecule has 1 aliphatic carbocycles. The molecule has 9 heteroatoms. The number of sulfonamides is 1. The highest BCUT2D eigenvalue weighted by Crippen LogP contribution is 2.33. The third kappa shape index (κ3) is 8.63. The fraction of sp³-hybridized carbons (Fsp3) is 0.576. The first-order valence-electron chi connectivity index (χ1n) is 15.1. The van der Waals surface area contributed by atoms with Crippen molar-refractivity contribution in [1.82, 2.24) is 14.1 Å². The lowest BCUT2D eigenvalue weighted by atomic mass is 9.84. The van der Waals surface area contributed by atoms with Crippen molar-refractivity contribution in [1.29, 1.82) is 0 Å².